The molecule has 0 unspecified atom stereocenters. The van der Waals surface area contributed by atoms with Crippen molar-refractivity contribution in [1.29, 1.82) is 0 Å². The fourth-order valence-electron chi connectivity index (χ4n) is 1.44. The normalized spacial score (nSPS) is 10.7. The van der Waals surface area contributed by atoms with Crippen LogP contribution in [0, 0.1) is 0 Å². The van der Waals surface area contributed by atoms with Gasteiger partial charge in [-0.1, -0.05) is 25.5 Å². The molecule has 0 bridgehead atoms. The van der Waals surface area contributed by atoms with Crippen LogP contribution >= 0.6 is 0 Å². The number of rotatable bonds is 4. The maximum atomic E-state index is 11.6. The predicted octanol–water partition coefficient (Wildman–Crippen LogP) is 3.20. The number of aromatic nitrogens is 1. The monoisotopic (exact) mass is 203 g/mol. The molecule has 0 aliphatic heterocycles. The maximum Gasteiger partial charge on any atom is 0.264 e. The number of fused-ring (bicyclic) bond motifs is 1. The molecule has 0 aliphatic carbocycles. The van der Waals surface area contributed by atoms with Crippen molar-refractivity contribution >= 4 is 16.9 Å². The zero-order chi connectivity index (χ0) is 10.7. The van der Waals surface area contributed by atoms with Crippen molar-refractivity contribution in [3.8, 4) is 0 Å². The van der Waals surface area contributed by atoms with Crippen LogP contribution < -0.4 is 0 Å². The SMILES string of the molecule is CCCCC(=O)c1nc2ccccc2o1. The third-order valence-corrected chi connectivity index (χ3v) is 2.29. The van der Waals surface area contributed by atoms with Crippen LogP contribution in [0.25, 0.3) is 11.1 Å². The molecule has 15 heavy (non-hydrogen) atoms. The number of nitrogens with zero attached hydrogens (tertiary/aromatic N) is 1. The van der Waals surface area contributed by atoms with Gasteiger partial charge in [-0.3, -0.25) is 4.79 Å². The largest absolute Gasteiger partial charge is 0.434 e. The summed E-state index contributed by atoms with van der Waals surface area (Å²) < 4.78 is 5.37. The molecule has 0 saturated heterocycles. The van der Waals surface area contributed by atoms with Gasteiger partial charge in [0.2, 0.25) is 5.78 Å². The quantitative estimate of drug-likeness (QED) is 0.716. The van der Waals surface area contributed by atoms with Crippen LogP contribution in [0.5, 0.6) is 0 Å². The minimum Gasteiger partial charge on any atom is -0.434 e. The number of benzene rings is 1. The maximum absolute atomic E-state index is 11.6. The van der Waals surface area contributed by atoms with Crippen LogP contribution in [0.2, 0.25) is 0 Å². The van der Waals surface area contributed by atoms with Gasteiger partial charge < -0.3 is 4.42 Å². The lowest BCUT2D eigenvalue weighted by Gasteiger charge is -1.92. The summed E-state index contributed by atoms with van der Waals surface area (Å²) in [7, 11) is 0. The van der Waals surface area contributed by atoms with Gasteiger partial charge in [-0.05, 0) is 18.6 Å². The Hall–Kier alpha value is -1.64. The topological polar surface area (TPSA) is 43.1 Å². The third-order valence-electron chi connectivity index (χ3n) is 2.29. The number of hydrogen-bond acceptors (Lipinski definition) is 3. The number of para-hydroxylation sites is 2. The highest BCUT2D eigenvalue weighted by Crippen LogP contribution is 2.16. The van der Waals surface area contributed by atoms with Crippen LogP contribution in [0.3, 0.4) is 0 Å². The highest BCUT2D eigenvalue weighted by atomic mass is 16.4. The summed E-state index contributed by atoms with van der Waals surface area (Å²) in [6.07, 6.45) is 2.41. The molecule has 0 atom stereocenters. The highest BCUT2D eigenvalue weighted by molar-refractivity contribution is 5.94. The lowest BCUT2D eigenvalue weighted by atomic mass is 10.2. The number of carbonyl (C=O) groups excluding carboxylic acids is 1. The summed E-state index contributed by atoms with van der Waals surface area (Å²) >= 11 is 0. The van der Waals surface area contributed by atoms with Gasteiger partial charge in [0.25, 0.3) is 5.89 Å². The molecule has 0 amide bonds. The fourth-order valence-corrected chi connectivity index (χ4v) is 1.44. The summed E-state index contributed by atoms with van der Waals surface area (Å²) in [5.41, 5.74) is 1.43. The van der Waals surface area contributed by atoms with Gasteiger partial charge in [0.15, 0.2) is 5.58 Å². The lowest BCUT2D eigenvalue weighted by Crippen LogP contribution is -1.98. The average Bonchev–Trinajstić information content (AvgIpc) is 2.69. The van der Waals surface area contributed by atoms with Crippen molar-refractivity contribution in [3.05, 3.63) is 30.2 Å². The van der Waals surface area contributed by atoms with Crippen LogP contribution in [0.1, 0.15) is 36.9 Å². The van der Waals surface area contributed by atoms with E-state index in [0.717, 1.165) is 18.4 Å². The Morgan fingerprint density at radius 1 is 1.40 bits per heavy atom. The minimum atomic E-state index is -0.00644. The number of oxazole rings is 1. The second-order valence-electron chi connectivity index (χ2n) is 3.51. The molecule has 1 aromatic heterocycles. The minimum absolute atomic E-state index is 0.00644. The Kier molecular flexibility index (Phi) is 2.81. The summed E-state index contributed by atoms with van der Waals surface area (Å²) in [5, 5.41) is 0. The van der Waals surface area contributed by atoms with E-state index >= 15 is 0 Å². The first-order valence-electron chi connectivity index (χ1n) is 5.20. The average molecular weight is 203 g/mol. The Morgan fingerprint density at radius 3 is 2.93 bits per heavy atom. The van der Waals surface area contributed by atoms with Gasteiger partial charge >= 0.3 is 0 Å². The highest BCUT2D eigenvalue weighted by Gasteiger charge is 2.12. The summed E-state index contributed by atoms with van der Waals surface area (Å²) in [4.78, 5) is 15.8. The first-order valence-corrected chi connectivity index (χ1v) is 5.20. The first kappa shape index (κ1) is 9.90. The van der Waals surface area contributed by atoms with Crippen molar-refractivity contribution in [3.63, 3.8) is 0 Å². The number of Topliss-reactive ketones (excluding diaryl/α,β-unsaturated/α-hetero) is 1. The molecule has 2 aromatic rings. The van der Waals surface area contributed by atoms with E-state index in [2.05, 4.69) is 11.9 Å². The molecule has 2 rings (SSSR count). The van der Waals surface area contributed by atoms with Crippen LogP contribution in [0.4, 0.5) is 0 Å². The summed E-state index contributed by atoms with van der Waals surface area (Å²) in [6.45, 7) is 2.05. The van der Waals surface area contributed by atoms with E-state index in [9.17, 15) is 4.79 Å². The van der Waals surface area contributed by atoms with Crippen molar-refractivity contribution in [2.45, 2.75) is 26.2 Å². The molecule has 78 valence electrons. The van der Waals surface area contributed by atoms with Gasteiger partial charge in [-0.2, -0.15) is 0 Å². The number of ketones is 1. The summed E-state index contributed by atoms with van der Waals surface area (Å²) in [5.74, 6) is 0.234. The van der Waals surface area contributed by atoms with Crippen molar-refractivity contribution in [2.75, 3.05) is 0 Å². The number of unbranched alkanes of at least 4 members (excludes halogenated alkanes) is 1. The molecule has 0 N–H and O–H groups in total. The van der Waals surface area contributed by atoms with Crippen molar-refractivity contribution in [2.24, 2.45) is 0 Å². The number of hydrogen-bond donors (Lipinski definition) is 0. The van der Waals surface area contributed by atoms with Gasteiger partial charge in [0.05, 0.1) is 0 Å². The van der Waals surface area contributed by atoms with Gasteiger partial charge in [0.1, 0.15) is 5.52 Å². The molecule has 0 aliphatic rings. The Morgan fingerprint density at radius 2 is 2.20 bits per heavy atom. The molecular weight excluding hydrogens is 190 g/mol. The fraction of sp³-hybridized carbons (Fsp3) is 0.333. The van der Waals surface area contributed by atoms with E-state index in [1.165, 1.54) is 0 Å². The van der Waals surface area contributed by atoms with E-state index in [4.69, 9.17) is 4.42 Å². The van der Waals surface area contributed by atoms with Crippen LogP contribution in [-0.2, 0) is 0 Å². The molecular formula is C12H13NO2. The second-order valence-corrected chi connectivity index (χ2v) is 3.51. The molecule has 1 aromatic carbocycles. The molecule has 0 fully saturated rings. The van der Waals surface area contributed by atoms with E-state index in [1.807, 2.05) is 24.3 Å². The van der Waals surface area contributed by atoms with Gasteiger partial charge in [0, 0.05) is 6.42 Å². The van der Waals surface area contributed by atoms with Crippen molar-refractivity contribution in [1.82, 2.24) is 4.98 Å². The Labute approximate surface area is 88.1 Å². The molecule has 0 spiro atoms. The lowest BCUT2D eigenvalue weighted by molar-refractivity contribution is 0.0948. The number of carbonyl (C=O) groups is 1. The van der Waals surface area contributed by atoms with E-state index < -0.39 is 0 Å². The second kappa shape index (κ2) is 4.26. The molecule has 3 heteroatoms. The molecule has 1 heterocycles. The van der Waals surface area contributed by atoms with Gasteiger partial charge in [-0.15, -0.1) is 0 Å². The van der Waals surface area contributed by atoms with Crippen molar-refractivity contribution < 1.29 is 9.21 Å². The third kappa shape index (κ3) is 2.06. The smallest absolute Gasteiger partial charge is 0.264 e. The van der Waals surface area contributed by atoms with Crippen LogP contribution in [-0.4, -0.2) is 10.8 Å². The van der Waals surface area contributed by atoms with Gasteiger partial charge in [-0.25, -0.2) is 4.98 Å². The molecule has 0 saturated carbocycles. The van der Waals surface area contributed by atoms with E-state index in [-0.39, 0.29) is 11.7 Å². The zero-order valence-corrected chi connectivity index (χ0v) is 8.69. The van der Waals surface area contributed by atoms with E-state index in [1.54, 1.807) is 0 Å². The molecule has 0 radical (unpaired) electrons. The predicted molar refractivity (Wildman–Crippen MR) is 57.9 cm³/mol. The first-order chi connectivity index (χ1) is 7.31. The van der Waals surface area contributed by atoms with Crippen LogP contribution in [0.15, 0.2) is 28.7 Å². The zero-order valence-electron chi connectivity index (χ0n) is 8.69. The standard InChI is InChI=1S/C12H13NO2/c1-2-3-7-10(14)12-13-9-6-4-5-8-11(9)15-12/h4-6,8H,2-3,7H2,1H3. The Bertz CT molecular complexity index is 440. The summed E-state index contributed by atoms with van der Waals surface area (Å²) in [6, 6.07) is 7.41. The molecule has 3 nitrogen and oxygen atoms in total. The van der Waals surface area contributed by atoms with E-state index in [0.29, 0.717) is 12.0 Å². The Balaban J connectivity index is 2.25.